The number of carbonyl (C=O) groups is 1. The zero-order valence-electron chi connectivity index (χ0n) is 13.5. The number of H-pyrrole nitrogens is 1. The first-order chi connectivity index (χ1) is 12.3. The Morgan fingerprint density at radius 3 is 2.84 bits per heavy atom. The number of anilines is 1. The van der Waals surface area contributed by atoms with E-state index in [2.05, 4.69) is 30.5 Å². The first-order valence-electron chi connectivity index (χ1n) is 8.02. The maximum absolute atomic E-state index is 12.3. The second-order valence-corrected chi connectivity index (χ2v) is 5.63. The highest BCUT2D eigenvalue weighted by Crippen LogP contribution is 2.13. The molecular weight excluding hydrogens is 322 g/mol. The third-order valence-corrected chi connectivity index (χ3v) is 4.03. The maximum Gasteiger partial charge on any atom is 0.254 e. The van der Waals surface area contributed by atoms with Crippen LogP contribution in [0.15, 0.2) is 30.7 Å². The average molecular weight is 339 g/mol. The summed E-state index contributed by atoms with van der Waals surface area (Å²) in [4.78, 5) is 27.1. The fourth-order valence-corrected chi connectivity index (χ4v) is 2.67. The molecule has 0 atom stereocenters. The molecule has 1 aliphatic rings. The lowest BCUT2D eigenvalue weighted by Crippen LogP contribution is -2.37. The van der Waals surface area contributed by atoms with Crippen LogP contribution in [0.2, 0.25) is 0 Å². The first kappa shape index (κ1) is 15.5. The number of carbonyl (C=O) groups excluding carboxylic acids is 1. The number of nitrogens with zero attached hydrogens (tertiary/aromatic N) is 5. The molecule has 3 aromatic rings. The highest BCUT2D eigenvalue weighted by atomic mass is 16.5. The van der Waals surface area contributed by atoms with Crippen LogP contribution in [0.3, 0.4) is 0 Å². The summed E-state index contributed by atoms with van der Waals surface area (Å²) < 4.78 is 5.31. The minimum Gasteiger partial charge on any atom is -0.378 e. The van der Waals surface area contributed by atoms with Crippen molar-refractivity contribution in [2.45, 2.75) is 6.54 Å². The van der Waals surface area contributed by atoms with Gasteiger partial charge in [0.25, 0.3) is 5.91 Å². The van der Waals surface area contributed by atoms with Crippen molar-refractivity contribution in [3.8, 4) is 0 Å². The molecule has 1 fully saturated rings. The van der Waals surface area contributed by atoms with Gasteiger partial charge in [-0.25, -0.2) is 15.0 Å². The number of pyridine rings is 1. The van der Waals surface area contributed by atoms with E-state index in [9.17, 15) is 4.79 Å². The zero-order valence-corrected chi connectivity index (χ0v) is 13.5. The highest BCUT2D eigenvalue weighted by Gasteiger charge is 2.15. The maximum atomic E-state index is 12.3. The van der Waals surface area contributed by atoms with E-state index in [1.54, 1.807) is 18.6 Å². The summed E-state index contributed by atoms with van der Waals surface area (Å²) in [5.41, 5.74) is 1.85. The summed E-state index contributed by atoms with van der Waals surface area (Å²) in [6.45, 7) is 3.17. The highest BCUT2D eigenvalue weighted by molar-refractivity contribution is 5.93. The van der Waals surface area contributed by atoms with Gasteiger partial charge >= 0.3 is 0 Å². The van der Waals surface area contributed by atoms with Gasteiger partial charge in [0, 0.05) is 37.1 Å². The second kappa shape index (κ2) is 6.81. The Labute approximate surface area is 143 Å². The van der Waals surface area contributed by atoms with E-state index in [-0.39, 0.29) is 5.91 Å². The van der Waals surface area contributed by atoms with Gasteiger partial charge < -0.3 is 15.0 Å². The predicted molar refractivity (Wildman–Crippen MR) is 90.1 cm³/mol. The SMILES string of the molecule is O=C(NCc1[nH]nc2ncccc12)c1cnc(N2CCOCC2)nc1. The smallest absolute Gasteiger partial charge is 0.254 e. The quantitative estimate of drug-likeness (QED) is 0.713. The monoisotopic (exact) mass is 339 g/mol. The number of rotatable bonds is 4. The van der Waals surface area contributed by atoms with Crippen molar-refractivity contribution < 1.29 is 9.53 Å². The molecule has 4 rings (SSSR count). The van der Waals surface area contributed by atoms with Gasteiger partial charge in [0.05, 0.1) is 31.0 Å². The average Bonchev–Trinajstić information content (AvgIpc) is 3.10. The van der Waals surface area contributed by atoms with Gasteiger partial charge in [0.1, 0.15) is 0 Å². The number of fused-ring (bicyclic) bond motifs is 1. The molecule has 3 aromatic heterocycles. The lowest BCUT2D eigenvalue weighted by Gasteiger charge is -2.26. The Morgan fingerprint density at radius 1 is 1.24 bits per heavy atom. The Bertz CT molecular complexity index is 872. The van der Waals surface area contributed by atoms with Crippen LogP contribution in [0.4, 0.5) is 5.95 Å². The minimum absolute atomic E-state index is 0.236. The van der Waals surface area contributed by atoms with Crippen molar-refractivity contribution in [1.82, 2.24) is 30.5 Å². The van der Waals surface area contributed by atoms with Gasteiger partial charge in [-0.1, -0.05) is 0 Å². The summed E-state index contributed by atoms with van der Waals surface area (Å²) in [7, 11) is 0. The number of nitrogens with one attached hydrogen (secondary N) is 2. The molecule has 2 N–H and O–H groups in total. The lowest BCUT2D eigenvalue weighted by atomic mass is 10.2. The number of amides is 1. The molecule has 0 saturated carbocycles. The molecule has 1 aliphatic heterocycles. The van der Waals surface area contributed by atoms with Gasteiger partial charge in [-0.05, 0) is 12.1 Å². The van der Waals surface area contributed by atoms with Crippen molar-refractivity contribution in [2.75, 3.05) is 31.2 Å². The van der Waals surface area contributed by atoms with Crippen LogP contribution in [-0.2, 0) is 11.3 Å². The van der Waals surface area contributed by atoms with Crippen molar-refractivity contribution in [2.24, 2.45) is 0 Å². The fourth-order valence-electron chi connectivity index (χ4n) is 2.67. The molecule has 0 unspecified atom stereocenters. The van der Waals surface area contributed by atoms with Crippen molar-refractivity contribution >= 4 is 22.9 Å². The first-order valence-corrected chi connectivity index (χ1v) is 8.02. The van der Waals surface area contributed by atoms with Crippen LogP contribution in [0.5, 0.6) is 0 Å². The predicted octanol–water partition coefficient (Wildman–Crippen LogP) is 0.514. The van der Waals surface area contributed by atoms with Gasteiger partial charge in [0.2, 0.25) is 5.95 Å². The summed E-state index contributed by atoms with van der Waals surface area (Å²) in [5, 5.41) is 10.7. The summed E-state index contributed by atoms with van der Waals surface area (Å²) in [5.74, 6) is 0.380. The van der Waals surface area contributed by atoms with Gasteiger partial charge in [-0.3, -0.25) is 9.89 Å². The standard InChI is InChI=1S/C16H17N7O2/c24-15(18-10-13-12-2-1-3-17-14(12)22-21-13)11-8-19-16(20-9-11)23-4-6-25-7-5-23/h1-3,8-9H,4-7,10H2,(H,18,24)(H,17,21,22). The molecule has 0 radical (unpaired) electrons. The van der Waals surface area contributed by atoms with Crippen LogP contribution in [-0.4, -0.2) is 57.4 Å². The van der Waals surface area contributed by atoms with Gasteiger partial charge in [-0.2, -0.15) is 5.10 Å². The lowest BCUT2D eigenvalue weighted by molar-refractivity contribution is 0.0949. The van der Waals surface area contributed by atoms with E-state index in [0.717, 1.165) is 24.2 Å². The van der Waals surface area contributed by atoms with Crippen molar-refractivity contribution in [3.05, 3.63) is 42.0 Å². The van der Waals surface area contributed by atoms with Crippen LogP contribution in [0.1, 0.15) is 16.1 Å². The molecule has 128 valence electrons. The Balaban J connectivity index is 1.40. The molecule has 0 aliphatic carbocycles. The number of ether oxygens (including phenoxy) is 1. The van der Waals surface area contributed by atoms with E-state index in [0.29, 0.717) is 36.9 Å². The molecule has 9 nitrogen and oxygen atoms in total. The van der Waals surface area contributed by atoms with Gasteiger partial charge in [-0.15, -0.1) is 0 Å². The molecule has 0 spiro atoms. The normalized spacial score (nSPS) is 14.6. The summed E-state index contributed by atoms with van der Waals surface area (Å²) in [6, 6.07) is 3.74. The van der Waals surface area contributed by atoms with E-state index in [1.165, 1.54) is 0 Å². The molecular formula is C16H17N7O2. The summed E-state index contributed by atoms with van der Waals surface area (Å²) >= 11 is 0. The van der Waals surface area contributed by atoms with Crippen molar-refractivity contribution in [1.29, 1.82) is 0 Å². The Morgan fingerprint density at radius 2 is 2.04 bits per heavy atom. The van der Waals surface area contributed by atoms with E-state index < -0.39 is 0 Å². The minimum atomic E-state index is -0.236. The number of hydrogen-bond acceptors (Lipinski definition) is 7. The van der Waals surface area contributed by atoms with E-state index in [1.807, 2.05) is 17.0 Å². The largest absolute Gasteiger partial charge is 0.378 e. The third-order valence-electron chi connectivity index (χ3n) is 4.03. The molecule has 4 heterocycles. The molecule has 25 heavy (non-hydrogen) atoms. The van der Waals surface area contributed by atoms with Crippen LogP contribution >= 0.6 is 0 Å². The topological polar surface area (TPSA) is 109 Å². The fraction of sp³-hybridized carbons (Fsp3) is 0.312. The number of aromatic amines is 1. The van der Waals surface area contributed by atoms with Crippen LogP contribution < -0.4 is 10.2 Å². The number of morpholine rings is 1. The second-order valence-electron chi connectivity index (χ2n) is 5.63. The Kier molecular flexibility index (Phi) is 4.21. The third kappa shape index (κ3) is 3.26. The van der Waals surface area contributed by atoms with Crippen LogP contribution in [0, 0.1) is 0 Å². The molecule has 0 aromatic carbocycles. The number of hydrogen-bond donors (Lipinski definition) is 2. The number of aromatic nitrogens is 5. The van der Waals surface area contributed by atoms with E-state index in [4.69, 9.17) is 4.74 Å². The molecule has 1 saturated heterocycles. The van der Waals surface area contributed by atoms with E-state index >= 15 is 0 Å². The molecule has 9 heteroatoms. The van der Waals surface area contributed by atoms with Gasteiger partial charge in [0.15, 0.2) is 5.65 Å². The molecule has 0 bridgehead atoms. The summed E-state index contributed by atoms with van der Waals surface area (Å²) in [6.07, 6.45) is 4.76. The van der Waals surface area contributed by atoms with Crippen molar-refractivity contribution in [3.63, 3.8) is 0 Å². The Hall–Kier alpha value is -3.07. The zero-order chi connectivity index (χ0) is 17.1. The van der Waals surface area contributed by atoms with Crippen LogP contribution in [0.25, 0.3) is 11.0 Å². The molecule has 1 amide bonds.